The number of aryl methyl sites for hydroxylation is 2. The van der Waals surface area contributed by atoms with Crippen LogP contribution in [0, 0.1) is 18.3 Å². The monoisotopic (exact) mass is 290 g/mol. The van der Waals surface area contributed by atoms with Gasteiger partial charge in [0.1, 0.15) is 11.8 Å². The largest absolute Gasteiger partial charge is 0.481 e. The fourth-order valence-corrected chi connectivity index (χ4v) is 2.62. The van der Waals surface area contributed by atoms with E-state index < -0.39 is 0 Å². The Morgan fingerprint density at radius 3 is 2.85 bits per heavy atom. The van der Waals surface area contributed by atoms with Crippen LogP contribution in [0.15, 0.2) is 18.2 Å². The van der Waals surface area contributed by atoms with Crippen molar-refractivity contribution in [2.24, 2.45) is 7.05 Å². The molecule has 20 heavy (non-hydrogen) atoms. The lowest BCUT2D eigenvalue weighted by molar-refractivity contribution is 0.368. The highest BCUT2D eigenvalue weighted by molar-refractivity contribution is 6.18. The molecule has 0 radical (unpaired) electrons. The van der Waals surface area contributed by atoms with Gasteiger partial charge in [-0.3, -0.25) is 0 Å². The number of pyridine rings is 1. The smallest absolute Gasteiger partial charge is 0.215 e. The maximum atomic E-state index is 8.96. The van der Waals surface area contributed by atoms with Crippen molar-refractivity contribution < 1.29 is 4.74 Å². The maximum absolute atomic E-state index is 8.96. The van der Waals surface area contributed by atoms with Crippen LogP contribution in [0.25, 0.3) is 0 Å². The molecule has 0 amide bonds. The second-order valence-electron chi connectivity index (χ2n) is 4.40. The number of hydrogen-bond acceptors (Lipinski definition) is 4. The molecule has 0 N–H and O–H groups in total. The average molecular weight is 291 g/mol. The fourth-order valence-electron chi connectivity index (χ4n) is 2.31. The number of ether oxygens (including phenoxy) is 1. The van der Waals surface area contributed by atoms with Gasteiger partial charge in [-0.2, -0.15) is 10.4 Å². The SMILES string of the molecule is COc1c(C(CCl)c2cccc(C#N)n2)c(C)nn1C. The Balaban J connectivity index is 2.55. The highest BCUT2D eigenvalue weighted by Gasteiger charge is 2.25. The van der Waals surface area contributed by atoms with Crippen LogP contribution in [0.2, 0.25) is 0 Å². The van der Waals surface area contributed by atoms with Gasteiger partial charge in [-0.05, 0) is 19.1 Å². The second-order valence-corrected chi connectivity index (χ2v) is 4.71. The van der Waals surface area contributed by atoms with Gasteiger partial charge in [-0.15, -0.1) is 11.6 Å². The number of aromatic nitrogens is 3. The third kappa shape index (κ3) is 2.47. The molecule has 2 rings (SSSR count). The average Bonchev–Trinajstić information content (AvgIpc) is 2.74. The molecule has 1 atom stereocenters. The number of methoxy groups -OCH3 is 1. The zero-order chi connectivity index (χ0) is 14.7. The van der Waals surface area contributed by atoms with Crippen LogP contribution in [0.3, 0.4) is 0 Å². The quantitative estimate of drug-likeness (QED) is 0.811. The van der Waals surface area contributed by atoms with Gasteiger partial charge in [0.25, 0.3) is 0 Å². The summed E-state index contributed by atoms with van der Waals surface area (Å²) in [5.41, 5.74) is 2.87. The van der Waals surface area contributed by atoms with Crippen molar-refractivity contribution in [2.75, 3.05) is 13.0 Å². The minimum atomic E-state index is -0.159. The number of nitriles is 1. The predicted molar refractivity (Wildman–Crippen MR) is 76.0 cm³/mol. The first-order chi connectivity index (χ1) is 9.62. The first-order valence-corrected chi connectivity index (χ1v) is 6.66. The van der Waals surface area contributed by atoms with Gasteiger partial charge in [0.05, 0.1) is 18.5 Å². The highest BCUT2D eigenvalue weighted by atomic mass is 35.5. The number of hydrogen-bond donors (Lipinski definition) is 0. The molecule has 2 aromatic heterocycles. The molecule has 2 heterocycles. The Kier molecular flexibility index (Phi) is 4.26. The topological polar surface area (TPSA) is 63.7 Å². The fraction of sp³-hybridized carbons (Fsp3) is 0.357. The van der Waals surface area contributed by atoms with E-state index in [1.165, 1.54) is 0 Å². The molecule has 0 saturated heterocycles. The molecule has 1 unspecified atom stereocenters. The number of alkyl halides is 1. The second kappa shape index (κ2) is 5.93. The third-order valence-corrected chi connectivity index (χ3v) is 3.46. The molecular formula is C14H15ClN4O. The summed E-state index contributed by atoms with van der Waals surface area (Å²) in [6.07, 6.45) is 0. The molecule has 6 heteroatoms. The van der Waals surface area contributed by atoms with Crippen molar-refractivity contribution in [3.63, 3.8) is 0 Å². The Bertz CT molecular complexity index is 660. The standard InChI is InChI=1S/C14H15ClN4O/c1-9-13(14(20-3)19(2)18-9)11(7-15)12-6-4-5-10(8-16)17-12/h4-6,11H,7H2,1-3H3. The van der Waals surface area contributed by atoms with Crippen LogP contribution in [0.1, 0.15) is 28.6 Å². The van der Waals surface area contributed by atoms with Crippen LogP contribution < -0.4 is 4.74 Å². The zero-order valence-electron chi connectivity index (χ0n) is 11.6. The summed E-state index contributed by atoms with van der Waals surface area (Å²) >= 11 is 6.13. The summed E-state index contributed by atoms with van der Waals surface area (Å²) in [5, 5.41) is 13.3. The van der Waals surface area contributed by atoms with Crippen molar-refractivity contribution >= 4 is 11.6 Å². The third-order valence-electron chi connectivity index (χ3n) is 3.15. The van der Waals surface area contributed by atoms with Gasteiger partial charge < -0.3 is 4.74 Å². The van der Waals surface area contributed by atoms with Gasteiger partial charge >= 0.3 is 0 Å². The van der Waals surface area contributed by atoms with E-state index in [-0.39, 0.29) is 5.92 Å². The lowest BCUT2D eigenvalue weighted by Crippen LogP contribution is -2.08. The molecule has 104 valence electrons. The van der Waals surface area contributed by atoms with E-state index in [1.54, 1.807) is 23.9 Å². The minimum Gasteiger partial charge on any atom is -0.481 e. The molecule has 2 aromatic rings. The Hall–Kier alpha value is -2.06. The van der Waals surface area contributed by atoms with Crippen molar-refractivity contribution in [3.05, 3.63) is 40.8 Å². The van der Waals surface area contributed by atoms with E-state index in [1.807, 2.05) is 26.1 Å². The lowest BCUT2D eigenvalue weighted by atomic mass is 9.97. The van der Waals surface area contributed by atoms with Crippen LogP contribution in [-0.4, -0.2) is 27.8 Å². The van der Waals surface area contributed by atoms with Gasteiger partial charge in [-0.1, -0.05) is 6.07 Å². The first kappa shape index (κ1) is 14.4. The van der Waals surface area contributed by atoms with E-state index in [4.69, 9.17) is 21.6 Å². The molecule has 5 nitrogen and oxygen atoms in total. The number of rotatable bonds is 4. The molecule has 0 aliphatic carbocycles. The summed E-state index contributed by atoms with van der Waals surface area (Å²) in [6.45, 7) is 1.91. The van der Waals surface area contributed by atoms with Gasteiger partial charge in [-0.25, -0.2) is 9.67 Å². The van der Waals surface area contributed by atoms with Crippen molar-refractivity contribution in [1.82, 2.24) is 14.8 Å². The predicted octanol–water partition coefficient (Wildman–Crippen LogP) is 2.37. The van der Waals surface area contributed by atoms with Crippen LogP contribution in [0.4, 0.5) is 0 Å². The Morgan fingerprint density at radius 1 is 1.50 bits per heavy atom. The summed E-state index contributed by atoms with van der Waals surface area (Å²) in [5.74, 6) is 0.844. The normalized spacial score (nSPS) is 11.9. The molecule has 0 fully saturated rings. The summed E-state index contributed by atoms with van der Waals surface area (Å²) in [4.78, 5) is 4.33. The van der Waals surface area contributed by atoms with Crippen LogP contribution in [-0.2, 0) is 7.05 Å². The van der Waals surface area contributed by atoms with E-state index in [0.717, 1.165) is 17.0 Å². The highest BCUT2D eigenvalue weighted by Crippen LogP contribution is 2.34. The van der Waals surface area contributed by atoms with E-state index in [0.29, 0.717) is 17.5 Å². The Morgan fingerprint density at radius 2 is 2.25 bits per heavy atom. The van der Waals surface area contributed by atoms with Gasteiger partial charge in [0, 0.05) is 24.4 Å². The summed E-state index contributed by atoms with van der Waals surface area (Å²) < 4.78 is 7.09. The lowest BCUT2D eigenvalue weighted by Gasteiger charge is -2.15. The molecule has 0 aliphatic heterocycles. The van der Waals surface area contributed by atoms with E-state index in [2.05, 4.69) is 10.1 Å². The van der Waals surface area contributed by atoms with Crippen LogP contribution >= 0.6 is 11.6 Å². The van der Waals surface area contributed by atoms with Crippen LogP contribution in [0.5, 0.6) is 5.88 Å². The molecule has 0 aromatic carbocycles. The first-order valence-electron chi connectivity index (χ1n) is 6.12. The van der Waals surface area contributed by atoms with Crippen molar-refractivity contribution in [3.8, 4) is 11.9 Å². The van der Waals surface area contributed by atoms with E-state index in [9.17, 15) is 0 Å². The molecule has 0 aliphatic rings. The molecule has 0 saturated carbocycles. The van der Waals surface area contributed by atoms with Gasteiger partial charge in [0.15, 0.2) is 0 Å². The number of halogens is 1. The zero-order valence-corrected chi connectivity index (χ0v) is 12.3. The summed E-state index contributed by atoms with van der Waals surface area (Å²) in [7, 11) is 3.42. The van der Waals surface area contributed by atoms with Crippen molar-refractivity contribution in [2.45, 2.75) is 12.8 Å². The maximum Gasteiger partial charge on any atom is 0.215 e. The molecular weight excluding hydrogens is 276 g/mol. The van der Waals surface area contributed by atoms with Crippen molar-refractivity contribution in [1.29, 1.82) is 5.26 Å². The minimum absolute atomic E-state index is 0.159. The Labute approximate surface area is 122 Å². The summed E-state index contributed by atoms with van der Waals surface area (Å²) in [6, 6.07) is 7.37. The molecule has 0 spiro atoms. The molecule has 0 bridgehead atoms. The van der Waals surface area contributed by atoms with E-state index >= 15 is 0 Å². The number of nitrogens with zero attached hydrogens (tertiary/aromatic N) is 4. The van der Waals surface area contributed by atoms with Gasteiger partial charge in [0.2, 0.25) is 5.88 Å².